The van der Waals surface area contributed by atoms with Crippen LogP contribution in [0.5, 0.6) is 5.75 Å². The normalized spacial score (nSPS) is 10.9. The number of rotatable bonds is 3. The zero-order valence-corrected chi connectivity index (χ0v) is 13.6. The molecule has 0 saturated carbocycles. The van der Waals surface area contributed by atoms with Crippen LogP contribution in [0.2, 0.25) is 0 Å². The second-order valence-corrected chi connectivity index (χ2v) is 5.80. The number of pyridine rings is 1. The Labute approximate surface area is 131 Å². The van der Waals surface area contributed by atoms with Crippen molar-refractivity contribution < 1.29 is 4.74 Å². The highest BCUT2D eigenvalue weighted by atomic mass is 79.9. The Morgan fingerprint density at radius 3 is 2.76 bits per heavy atom. The minimum atomic E-state index is 0.687. The molecule has 0 aliphatic carbocycles. The Morgan fingerprint density at radius 1 is 1.24 bits per heavy atom. The number of H-pyrrole nitrogens is 1. The first-order valence-electron chi connectivity index (χ1n) is 6.45. The van der Waals surface area contributed by atoms with Gasteiger partial charge in [0.25, 0.3) is 0 Å². The van der Waals surface area contributed by atoms with Crippen molar-refractivity contribution in [2.75, 3.05) is 26.1 Å². The SMILES string of the molecule is COc1cc(N(C)C)ccc1-c1nc2ncc(Br)cc2[nH]1. The molecule has 0 aliphatic rings. The van der Waals surface area contributed by atoms with E-state index in [1.165, 1.54) is 0 Å². The smallest absolute Gasteiger partial charge is 0.178 e. The molecule has 0 fully saturated rings. The highest BCUT2D eigenvalue weighted by Crippen LogP contribution is 2.32. The topological polar surface area (TPSA) is 54.0 Å². The van der Waals surface area contributed by atoms with Gasteiger partial charge in [0.2, 0.25) is 0 Å². The Hall–Kier alpha value is -2.08. The third-order valence-electron chi connectivity index (χ3n) is 3.26. The number of benzene rings is 1. The second-order valence-electron chi connectivity index (χ2n) is 4.89. The molecule has 0 atom stereocenters. The summed E-state index contributed by atoms with van der Waals surface area (Å²) in [6.07, 6.45) is 1.74. The summed E-state index contributed by atoms with van der Waals surface area (Å²) in [6, 6.07) is 7.99. The number of hydrogen-bond acceptors (Lipinski definition) is 4. The van der Waals surface area contributed by atoms with Crippen LogP contribution < -0.4 is 9.64 Å². The van der Waals surface area contributed by atoms with Gasteiger partial charge in [-0.15, -0.1) is 0 Å². The number of hydrogen-bond donors (Lipinski definition) is 1. The number of aromatic amines is 1. The van der Waals surface area contributed by atoms with Crippen LogP contribution in [0.1, 0.15) is 0 Å². The minimum absolute atomic E-state index is 0.687. The molecule has 1 aromatic carbocycles. The molecule has 3 rings (SSSR count). The zero-order valence-electron chi connectivity index (χ0n) is 12.0. The minimum Gasteiger partial charge on any atom is -0.496 e. The first-order chi connectivity index (χ1) is 10.1. The number of ether oxygens (including phenoxy) is 1. The van der Waals surface area contributed by atoms with Gasteiger partial charge in [-0.3, -0.25) is 0 Å². The molecule has 1 N–H and O–H groups in total. The summed E-state index contributed by atoms with van der Waals surface area (Å²) in [5, 5.41) is 0. The number of aromatic nitrogens is 3. The van der Waals surface area contributed by atoms with Crippen molar-refractivity contribution in [1.29, 1.82) is 0 Å². The molecule has 0 bridgehead atoms. The van der Waals surface area contributed by atoms with Gasteiger partial charge in [-0.1, -0.05) is 0 Å². The fraction of sp³-hybridized carbons (Fsp3) is 0.200. The van der Waals surface area contributed by atoms with Gasteiger partial charge < -0.3 is 14.6 Å². The molecule has 0 amide bonds. The summed E-state index contributed by atoms with van der Waals surface area (Å²) in [5.74, 6) is 1.53. The number of halogens is 1. The van der Waals surface area contributed by atoms with Crippen LogP contribution in [0.3, 0.4) is 0 Å². The number of nitrogens with one attached hydrogen (secondary N) is 1. The van der Waals surface area contributed by atoms with Gasteiger partial charge in [-0.2, -0.15) is 0 Å². The summed E-state index contributed by atoms with van der Waals surface area (Å²) < 4.78 is 6.41. The van der Waals surface area contributed by atoms with E-state index < -0.39 is 0 Å². The van der Waals surface area contributed by atoms with E-state index in [0.29, 0.717) is 5.65 Å². The maximum absolute atomic E-state index is 5.49. The predicted octanol–water partition coefficient (Wildman–Crippen LogP) is 3.46. The Morgan fingerprint density at radius 2 is 2.05 bits per heavy atom. The lowest BCUT2D eigenvalue weighted by atomic mass is 10.1. The Balaban J connectivity index is 2.13. The van der Waals surface area contributed by atoms with Crippen LogP contribution in [0.4, 0.5) is 5.69 Å². The van der Waals surface area contributed by atoms with E-state index in [9.17, 15) is 0 Å². The van der Waals surface area contributed by atoms with E-state index in [0.717, 1.165) is 32.8 Å². The summed E-state index contributed by atoms with van der Waals surface area (Å²) in [7, 11) is 5.66. The number of methoxy groups -OCH3 is 1. The van der Waals surface area contributed by atoms with E-state index in [2.05, 4.69) is 30.9 Å². The molecule has 2 heterocycles. The number of imidazole rings is 1. The van der Waals surface area contributed by atoms with Gasteiger partial charge in [-0.05, 0) is 34.1 Å². The monoisotopic (exact) mass is 346 g/mol. The molecule has 0 spiro atoms. The maximum atomic E-state index is 5.49. The zero-order chi connectivity index (χ0) is 15.0. The van der Waals surface area contributed by atoms with Crippen LogP contribution in [-0.4, -0.2) is 36.2 Å². The third-order valence-corrected chi connectivity index (χ3v) is 3.69. The summed E-state index contributed by atoms with van der Waals surface area (Å²) in [5.41, 5.74) is 3.56. The van der Waals surface area contributed by atoms with Crippen LogP contribution in [0.15, 0.2) is 34.9 Å². The van der Waals surface area contributed by atoms with Crippen molar-refractivity contribution in [3.63, 3.8) is 0 Å². The van der Waals surface area contributed by atoms with Crippen LogP contribution >= 0.6 is 15.9 Å². The molecule has 6 heteroatoms. The van der Waals surface area contributed by atoms with E-state index >= 15 is 0 Å². The first kappa shape index (κ1) is 13.9. The number of fused-ring (bicyclic) bond motifs is 1. The van der Waals surface area contributed by atoms with Crippen molar-refractivity contribution in [1.82, 2.24) is 15.0 Å². The summed E-state index contributed by atoms with van der Waals surface area (Å²) in [4.78, 5) is 14.1. The molecule has 5 nitrogen and oxygen atoms in total. The van der Waals surface area contributed by atoms with E-state index in [-0.39, 0.29) is 0 Å². The third kappa shape index (κ3) is 2.58. The summed E-state index contributed by atoms with van der Waals surface area (Å²) in [6.45, 7) is 0. The van der Waals surface area contributed by atoms with Crippen molar-refractivity contribution in [3.8, 4) is 17.1 Å². The second kappa shape index (κ2) is 5.37. The molecule has 0 unspecified atom stereocenters. The van der Waals surface area contributed by atoms with Crippen LogP contribution in [0.25, 0.3) is 22.6 Å². The standard InChI is InChI=1S/C15H15BrN4O/c1-20(2)10-4-5-11(13(7-10)21-3)14-18-12-6-9(16)8-17-15(12)19-14/h4-8H,1-3H3,(H,17,18,19). The van der Waals surface area contributed by atoms with Crippen LogP contribution in [0, 0.1) is 0 Å². The first-order valence-corrected chi connectivity index (χ1v) is 7.25. The van der Waals surface area contributed by atoms with Crippen molar-refractivity contribution in [3.05, 3.63) is 34.9 Å². The molecule has 3 aromatic rings. The molecule has 0 aliphatic heterocycles. The van der Waals surface area contributed by atoms with Gasteiger partial charge in [0.15, 0.2) is 5.65 Å². The molecular formula is C15H15BrN4O. The van der Waals surface area contributed by atoms with E-state index in [1.54, 1.807) is 13.3 Å². The quantitative estimate of drug-likeness (QED) is 0.788. The average Bonchev–Trinajstić information content (AvgIpc) is 2.89. The molecule has 2 aromatic heterocycles. The lowest BCUT2D eigenvalue weighted by Gasteiger charge is -2.15. The Bertz CT molecular complexity index is 797. The van der Waals surface area contributed by atoms with E-state index in [1.807, 2.05) is 43.3 Å². The van der Waals surface area contributed by atoms with Gasteiger partial charge >= 0.3 is 0 Å². The highest BCUT2D eigenvalue weighted by Gasteiger charge is 2.12. The predicted molar refractivity (Wildman–Crippen MR) is 87.9 cm³/mol. The number of anilines is 1. The number of nitrogens with zero attached hydrogens (tertiary/aromatic N) is 3. The lowest BCUT2D eigenvalue weighted by Crippen LogP contribution is -2.08. The fourth-order valence-corrected chi connectivity index (χ4v) is 2.49. The van der Waals surface area contributed by atoms with Crippen molar-refractivity contribution in [2.24, 2.45) is 0 Å². The molecule has 0 saturated heterocycles. The highest BCUT2D eigenvalue weighted by molar-refractivity contribution is 9.10. The largest absolute Gasteiger partial charge is 0.496 e. The molecule has 0 radical (unpaired) electrons. The van der Waals surface area contributed by atoms with Crippen LogP contribution in [-0.2, 0) is 0 Å². The Kier molecular flexibility index (Phi) is 3.55. The fourth-order valence-electron chi connectivity index (χ4n) is 2.16. The van der Waals surface area contributed by atoms with Crippen molar-refractivity contribution >= 4 is 32.8 Å². The lowest BCUT2D eigenvalue weighted by molar-refractivity contribution is 0.416. The van der Waals surface area contributed by atoms with E-state index in [4.69, 9.17) is 4.74 Å². The molecule has 108 valence electrons. The van der Waals surface area contributed by atoms with Gasteiger partial charge in [-0.25, -0.2) is 9.97 Å². The van der Waals surface area contributed by atoms with Gasteiger partial charge in [0.1, 0.15) is 11.6 Å². The summed E-state index contributed by atoms with van der Waals surface area (Å²) >= 11 is 3.41. The molecular weight excluding hydrogens is 332 g/mol. The molecule has 21 heavy (non-hydrogen) atoms. The van der Waals surface area contributed by atoms with Gasteiger partial charge in [0, 0.05) is 36.5 Å². The average molecular weight is 347 g/mol. The van der Waals surface area contributed by atoms with Gasteiger partial charge in [0.05, 0.1) is 18.2 Å². The van der Waals surface area contributed by atoms with Crippen molar-refractivity contribution in [2.45, 2.75) is 0 Å². The maximum Gasteiger partial charge on any atom is 0.178 e.